The summed E-state index contributed by atoms with van der Waals surface area (Å²) < 4.78 is 0. The van der Waals surface area contributed by atoms with Crippen LogP contribution in [-0.2, 0) is 16.2 Å². The summed E-state index contributed by atoms with van der Waals surface area (Å²) in [6.07, 6.45) is 9.71. The molecule has 2 fully saturated rings. The zero-order valence-corrected chi connectivity index (χ0v) is 42.0. The Morgan fingerprint density at radius 2 is 1.26 bits per heavy atom. The van der Waals surface area contributed by atoms with E-state index in [0.29, 0.717) is 0 Å². The molecule has 0 aromatic heterocycles. The van der Waals surface area contributed by atoms with Crippen molar-refractivity contribution in [2.24, 2.45) is 0 Å². The third-order valence-electron chi connectivity index (χ3n) is 18.3. The average molecular weight is 870 g/mol. The monoisotopic (exact) mass is 870 g/mol. The first-order valence-electron chi connectivity index (χ1n) is 25.1. The summed E-state index contributed by atoms with van der Waals surface area (Å²) in [6.45, 7) is 27.4. The molecule has 0 spiro atoms. The van der Waals surface area contributed by atoms with Gasteiger partial charge in [0.2, 0.25) is 0 Å². The smallest absolute Gasteiger partial charge is 0.252 e. The van der Waals surface area contributed by atoms with Crippen molar-refractivity contribution in [1.29, 1.82) is 0 Å². The fourth-order valence-corrected chi connectivity index (χ4v) is 15.8. The zero-order chi connectivity index (χ0) is 45.2. The number of anilines is 7. The maximum Gasteiger partial charge on any atom is 0.252 e. The van der Waals surface area contributed by atoms with Crippen molar-refractivity contribution in [3.8, 4) is 0 Å². The van der Waals surface area contributed by atoms with Gasteiger partial charge in [0.1, 0.15) is 0 Å². The van der Waals surface area contributed by atoms with E-state index in [4.69, 9.17) is 0 Å². The highest BCUT2D eigenvalue weighted by atomic mass is 28.3. The first-order valence-corrected chi connectivity index (χ1v) is 28.6. The van der Waals surface area contributed by atoms with Gasteiger partial charge in [-0.15, -0.1) is 0 Å². The van der Waals surface area contributed by atoms with Crippen molar-refractivity contribution in [2.75, 3.05) is 14.7 Å². The molecule has 4 atom stereocenters. The highest BCUT2D eigenvalue weighted by Crippen LogP contribution is 2.66. The first-order chi connectivity index (χ1) is 30.9. The molecule has 12 rings (SSSR count). The van der Waals surface area contributed by atoms with E-state index in [1.165, 1.54) is 123 Å². The molecule has 3 nitrogen and oxygen atoms in total. The van der Waals surface area contributed by atoms with Crippen molar-refractivity contribution < 1.29 is 0 Å². The summed E-state index contributed by atoms with van der Waals surface area (Å²) in [4.78, 5) is 8.52. The van der Waals surface area contributed by atoms with Crippen LogP contribution in [0.2, 0.25) is 19.6 Å². The van der Waals surface area contributed by atoms with Crippen molar-refractivity contribution in [3.05, 3.63) is 149 Å². The first kappa shape index (κ1) is 41.4. The Morgan fingerprint density at radius 1 is 0.554 bits per heavy atom. The summed E-state index contributed by atoms with van der Waals surface area (Å²) in [5.41, 5.74) is 22.3. The van der Waals surface area contributed by atoms with Gasteiger partial charge in [0, 0.05) is 50.6 Å². The van der Waals surface area contributed by atoms with Gasteiger partial charge < -0.3 is 14.7 Å². The van der Waals surface area contributed by atoms with Crippen LogP contribution in [0.5, 0.6) is 0 Å². The maximum absolute atomic E-state index is 2.96. The molecule has 0 radical (unpaired) electrons. The van der Waals surface area contributed by atoms with Crippen LogP contribution < -0.4 is 36.3 Å². The molecule has 6 aromatic rings. The molecule has 4 heterocycles. The quantitative estimate of drug-likeness (QED) is 0.163. The molecular weight excluding hydrogens is 802 g/mol. The van der Waals surface area contributed by atoms with Crippen LogP contribution in [-0.4, -0.2) is 25.9 Å². The highest BCUT2D eigenvalue weighted by molar-refractivity contribution is 7.01. The molecule has 0 N–H and O–H groups in total. The van der Waals surface area contributed by atoms with Gasteiger partial charge in [-0.25, -0.2) is 0 Å². The molecule has 4 unspecified atom stereocenters. The Balaban J connectivity index is 1.22. The van der Waals surface area contributed by atoms with E-state index in [2.05, 4.69) is 205 Å². The predicted molar refractivity (Wildman–Crippen MR) is 282 cm³/mol. The topological polar surface area (TPSA) is 9.72 Å². The minimum Gasteiger partial charge on any atom is -0.335 e. The molecule has 5 heteroatoms. The molecule has 2 aliphatic carbocycles. The van der Waals surface area contributed by atoms with E-state index in [1.54, 1.807) is 10.8 Å². The Bertz CT molecular complexity index is 2980. The van der Waals surface area contributed by atoms with E-state index in [-0.39, 0.29) is 34.0 Å². The van der Waals surface area contributed by atoms with Gasteiger partial charge in [-0.2, -0.15) is 0 Å². The zero-order valence-electron chi connectivity index (χ0n) is 41.0. The van der Waals surface area contributed by atoms with Gasteiger partial charge in [-0.1, -0.05) is 157 Å². The molecule has 65 heavy (non-hydrogen) atoms. The second kappa shape index (κ2) is 13.6. The second-order valence-electron chi connectivity index (χ2n) is 24.0. The van der Waals surface area contributed by atoms with Gasteiger partial charge in [-0.3, -0.25) is 0 Å². The molecule has 0 amide bonds. The van der Waals surface area contributed by atoms with E-state index in [0.717, 1.165) is 12.8 Å². The Kier molecular flexibility index (Phi) is 8.64. The Labute approximate surface area is 391 Å². The van der Waals surface area contributed by atoms with E-state index >= 15 is 0 Å². The van der Waals surface area contributed by atoms with Crippen LogP contribution in [0.3, 0.4) is 0 Å². The normalized spacial score (nSPS) is 26.0. The fourth-order valence-electron chi connectivity index (χ4n) is 14.7. The lowest BCUT2D eigenvalue weighted by Gasteiger charge is -2.54. The summed E-state index contributed by atoms with van der Waals surface area (Å²) >= 11 is 0. The average Bonchev–Trinajstić information content (AvgIpc) is 3.64. The molecule has 330 valence electrons. The molecule has 6 aromatic carbocycles. The number of benzene rings is 6. The number of rotatable bonds is 4. The molecular formula is C60H68BN3Si. The lowest BCUT2D eigenvalue weighted by molar-refractivity contribution is 0.195. The van der Waals surface area contributed by atoms with Gasteiger partial charge >= 0.3 is 0 Å². The minimum absolute atomic E-state index is 0.0362. The highest BCUT2D eigenvalue weighted by Gasteiger charge is 2.64. The molecule has 6 aliphatic rings. The van der Waals surface area contributed by atoms with Gasteiger partial charge in [0.25, 0.3) is 6.71 Å². The number of fused-ring (bicyclic) bond motifs is 10. The SMILES string of the molecule is Cc1cccc(N2c3cc(C)ccc3B3c4cc([Si](C)(C)C)cc5c4N(c4cc(N6c7ccc(C(C)(C)C)cc7C7(c8ccccc8)CCCCC67C)cc2c43)C2(C)CCCCC52C)c1. The van der Waals surface area contributed by atoms with E-state index in [1.807, 2.05) is 0 Å². The third-order valence-corrected chi connectivity index (χ3v) is 20.3. The predicted octanol–water partition coefficient (Wildman–Crippen LogP) is 13.3. The van der Waals surface area contributed by atoms with Crippen LogP contribution in [0, 0.1) is 13.8 Å². The Morgan fingerprint density at radius 3 is 2.00 bits per heavy atom. The Hall–Kier alpha value is -5.00. The number of aryl methyl sites for hydroxylation is 2. The molecule has 0 saturated heterocycles. The summed E-state index contributed by atoms with van der Waals surface area (Å²) in [6, 6.07) is 46.8. The molecule has 0 bridgehead atoms. The van der Waals surface area contributed by atoms with E-state index < -0.39 is 8.07 Å². The van der Waals surface area contributed by atoms with Crippen molar-refractivity contribution in [2.45, 2.75) is 154 Å². The van der Waals surface area contributed by atoms with Gasteiger partial charge in [0.05, 0.1) is 19.2 Å². The summed E-state index contributed by atoms with van der Waals surface area (Å²) in [7, 11) is -1.71. The van der Waals surface area contributed by atoms with Gasteiger partial charge in [0.15, 0.2) is 0 Å². The lowest BCUT2D eigenvalue weighted by atomic mass is 9.33. The second-order valence-corrected chi connectivity index (χ2v) is 29.1. The molecule has 2 saturated carbocycles. The standard InChI is InChI=1S/C60H68BN3Si/c1-39-20-19-23-43(32-39)62-51-33-40(2)24-26-48(51)61-49-38-45(65(9,10)11)37-47-55(49)64(58(7)29-16-15-28-57(47,58)6)53-36-44(35-52(62)54(53)61)63-50-27-25-42(56(3,4)5)34-46(50)60(41-21-13-12-14-22-41)31-18-17-30-59(60,63)8/h12-14,19-27,32-38H,15-18,28-31H2,1-11H3. The third kappa shape index (κ3) is 5.37. The lowest BCUT2D eigenvalue weighted by Crippen LogP contribution is -2.65. The number of hydrogen-bond acceptors (Lipinski definition) is 3. The largest absolute Gasteiger partial charge is 0.335 e. The van der Waals surface area contributed by atoms with Crippen LogP contribution in [0.4, 0.5) is 39.8 Å². The number of nitrogens with zero attached hydrogens (tertiary/aromatic N) is 3. The fraction of sp³-hybridized carbons (Fsp3) is 0.400. The number of hydrogen-bond donors (Lipinski definition) is 0. The van der Waals surface area contributed by atoms with Crippen LogP contribution >= 0.6 is 0 Å². The van der Waals surface area contributed by atoms with E-state index in [9.17, 15) is 0 Å². The molecule has 4 aliphatic heterocycles. The van der Waals surface area contributed by atoms with Crippen molar-refractivity contribution >= 4 is 76.2 Å². The van der Waals surface area contributed by atoms with Crippen LogP contribution in [0.15, 0.2) is 115 Å². The van der Waals surface area contributed by atoms with Crippen molar-refractivity contribution in [3.63, 3.8) is 0 Å². The maximum atomic E-state index is 2.96. The summed E-state index contributed by atoms with van der Waals surface area (Å²) in [5, 5.41) is 1.60. The van der Waals surface area contributed by atoms with Crippen LogP contribution in [0.25, 0.3) is 0 Å². The van der Waals surface area contributed by atoms with Gasteiger partial charge in [-0.05, 0) is 145 Å². The minimum atomic E-state index is -1.71. The summed E-state index contributed by atoms with van der Waals surface area (Å²) in [5.74, 6) is 0. The van der Waals surface area contributed by atoms with Crippen LogP contribution in [0.1, 0.15) is 126 Å². The van der Waals surface area contributed by atoms with Crippen molar-refractivity contribution in [1.82, 2.24) is 0 Å².